The molecule has 2 heterocycles. The monoisotopic (exact) mass is 366 g/mol. The molecular formula is C20H22N4O3. The average Bonchev–Trinajstić information content (AvgIpc) is 2.94. The quantitative estimate of drug-likeness (QED) is 0.677. The lowest BCUT2D eigenvalue weighted by molar-refractivity contribution is -0.111. The van der Waals surface area contributed by atoms with Crippen molar-refractivity contribution in [3.05, 3.63) is 47.8 Å². The van der Waals surface area contributed by atoms with Crippen LogP contribution in [0.1, 0.15) is 18.2 Å². The van der Waals surface area contributed by atoms with Gasteiger partial charge in [0.05, 0.1) is 31.3 Å². The lowest BCUT2D eigenvalue weighted by Crippen LogP contribution is -2.08. The van der Waals surface area contributed by atoms with E-state index in [1.807, 2.05) is 45.2 Å². The number of benzene rings is 1. The molecule has 7 nitrogen and oxygen atoms in total. The first-order valence-electron chi connectivity index (χ1n) is 8.61. The Labute approximate surface area is 157 Å². The van der Waals surface area contributed by atoms with Crippen molar-refractivity contribution < 1.29 is 14.3 Å². The highest BCUT2D eigenvalue weighted by atomic mass is 16.5. The predicted molar refractivity (Wildman–Crippen MR) is 105 cm³/mol. The number of anilines is 1. The van der Waals surface area contributed by atoms with Gasteiger partial charge < -0.3 is 14.8 Å². The summed E-state index contributed by atoms with van der Waals surface area (Å²) in [4.78, 5) is 16.6. The number of hydrogen-bond acceptors (Lipinski definition) is 5. The molecule has 0 radical (unpaired) electrons. The molecule has 1 N–H and O–H groups in total. The van der Waals surface area contributed by atoms with E-state index in [9.17, 15) is 4.79 Å². The van der Waals surface area contributed by atoms with Crippen LogP contribution in [0.15, 0.2) is 36.5 Å². The highest BCUT2D eigenvalue weighted by molar-refractivity contribution is 6.02. The number of hydrogen-bond donors (Lipinski definition) is 1. The number of ether oxygens (including phenoxy) is 2. The number of pyridine rings is 1. The van der Waals surface area contributed by atoms with Crippen molar-refractivity contribution in [1.29, 1.82) is 0 Å². The van der Waals surface area contributed by atoms with Gasteiger partial charge in [-0.05, 0) is 43.7 Å². The van der Waals surface area contributed by atoms with Gasteiger partial charge in [-0.15, -0.1) is 0 Å². The van der Waals surface area contributed by atoms with Gasteiger partial charge in [0.1, 0.15) is 0 Å². The molecule has 0 spiro atoms. The molecular weight excluding hydrogens is 344 g/mol. The molecule has 140 valence electrons. The number of methoxy groups -OCH3 is 1. The van der Waals surface area contributed by atoms with Gasteiger partial charge in [0.2, 0.25) is 5.91 Å². The van der Waals surface area contributed by atoms with Crippen LogP contribution in [0.25, 0.3) is 17.1 Å². The number of amides is 1. The summed E-state index contributed by atoms with van der Waals surface area (Å²) in [5.74, 6) is 1.06. The Morgan fingerprint density at radius 1 is 1.30 bits per heavy atom. The van der Waals surface area contributed by atoms with Crippen LogP contribution in [0.2, 0.25) is 0 Å². The molecule has 27 heavy (non-hydrogen) atoms. The molecule has 0 saturated heterocycles. The number of rotatable bonds is 6. The molecule has 2 aromatic heterocycles. The van der Waals surface area contributed by atoms with Crippen LogP contribution in [0, 0.1) is 6.92 Å². The van der Waals surface area contributed by atoms with E-state index in [1.54, 1.807) is 24.1 Å². The first kappa shape index (κ1) is 18.4. The minimum absolute atomic E-state index is 0.245. The molecule has 0 fully saturated rings. The van der Waals surface area contributed by atoms with Crippen molar-refractivity contribution in [2.24, 2.45) is 7.05 Å². The van der Waals surface area contributed by atoms with Crippen molar-refractivity contribution in [2.45, 2.75) is 13.8 Å². The first-order valence-corrected chi connectivity index (χ1v) is 8.61. The van der Waals surface area contributed by atoms with E-state index in [4.69, 9.17) is 9.47 Å². The molecule has 3 rings (SSSR count). The number of fused-ring (bicyclic) bond motifs is 1. The third kappa shape index (κ3) is 4.08. The molecule has 1 aromatic carbocycles. The van der Waals surface area contributed by atoms with Gasteiger partial charge in [-0.25, -0.2) is 4.98 Å². The summed E-state index contributed by atoms with van der Waals surface area (Å²) in [6.45, 7) is 4.38. The fraction of sp³-hybridized carbons (Fsp3) is 0.250. The summed E-state index contributed by atoms with van der Waals surface area (Å²) in [5, 5.41) is 8.06. The Balaban J connectivity index is 1.73. The van der Waals surface area contributed by atoms with Crippen molar-refractivity contribution in [3.63, 3.8) is 0 Å². The molecule has 0 atom stereocenters. The number of nitrogens with one attached hydrogen (secondary N) is 1. The number of nitrogens with zero attached hydrogens (tertiary/aromatic N) is 3. The Hall–Kier alpha value is -3.35. The summed E-state index contributed by atoms with van der Waals surface area (Å²) in [6.07, 6.45) is 4.80. The van der Waals surface area contributed by atoms with Gasteiger partial charge in [-0.3, -0.25) is 9.48 Å². The standard InChI is InChI=1S/C20H22N4O3/c1-5-27-17-8-6-14(10-18(17)26-4)7-9-19(25)22-15-11-16-13(2)23-24(3)20(16)21-12-15/h6-12H,5H2,1-4H3,(H,22,25)/b9-7+. The summed E-state index contributed by atoms with van der Waals surface area (Å²) in [6, 6.07) is 7.38. The third-order valence-electron chi connectivity index (χ3n) is 4.05. The van der Waals surface area contributed by atoms with Gasteiger partial charge in [0, 0.05) is 18.5 Å². The molecule has 1 amide bonds. The largest absolute Gasteiger partial charge is 0.493 e. The lowest BCUT2D eigenvalue weighted by atomic mass is 10.2. The number of aromatic nitrogens is 3. The van der Waals surface area contributed by atoms with E-state index in [1.165, 1.54) is 6.08 Å². The van der Waals surface area contributed by atoms with Crippen molar-refractivity contribution in [1.82, 2.24) is 14.8 Å². The topological polar surface area (TPSA) is 78.3 Å². The average molecular weight is 366 g/mol. The van der Waals surface area contributed by atoms with Crippen molar-refractivity contribution >= 4 is 28.7 Å². The summed E-state index contributed by atoms with van der Waals surface area (Å²) >= 11 is 0. The molecule has 0 saturated carbocycles. The SMILES string of the molecule is CCOc1ccc(/C=C/C(=O)Nc2cnc3c(c2)c(C)nn3C)cc1OC. The Morgan fingerprint density at radius 3 is 2.85 bits per heavy atom. The van der Waals surface area contributed by atoms with E-state index in [-0.39, 0.29) is 5.91 Å². The highest BCUT2D eigenvalue weighted by Crippen LogP contribution is 2.28. The predicted octanol–water partition coefficient (Wildman–Crippen LogP) is 3.34. The number of carbonyl (C=O) groups is 1. The van der Waals surface area contributed by atoms with Crippen molar-refractivity contribution in [3.8, 4) is 11.5 Å². The smallest absolute Gasteiger partial charge is 0.248 e. The van der Waals surface area contributed by atoms with Crippen LogP contribution >= 0.6 is 0 Å². The maximum absolute atomic E-state index is 12.2. The normalized spacial score (nSPS) is 11.1. The van der Waals surface area contributed by atoms with E-state index >= 15 is 0 Å². The van der Waals surface area contributed by atoms with Crippen LogP contribution in [0.3, 0.4) is 0 Å². The minimum atomic E-state index is -0.245. The van der Waals surface area contributed by atoms with Gasteiger partial charge in [-0.2, -0.15) is 5.10 Å². The highest BCUT2D eigenvalue weighted by Gasteiger charge is 2.08. The van der Waals surface area contributed by atoms with Gasteiger partial charge >= 0.3 is 0 Å². The lowest BCUT2D eigenvalue weighted by Gasteiger charge is -2.09. The minimum Gasteiger partial charge on any atom is -0.493 e. The fourth-order valence-electron chi connectivity index (χ4n) is 2.79. The zero-order valence-corrected chi connectivity index (χ0v) is 15.8. The maximum atomic E-state index is 12.2. The third-order valence-corrected chi connectivity index (χ3v) is 4.05. The molecule has 0 aliphatic heterocycles. The Morgan fingerprint density at radius 2 is 2.11 bits per heavy atom. The van der Waals surface area contributed by atoms with Gasteiger partial charge in [0.25, 0.3) is 0 Å². The number of carbonyl (C=O) groups excluding carboxylic acids is 1. The second-order valence-electron chi connectivity index (χ2n) is 5.97. The van der Waals surface area contributed by atoms with E-state index < -0.39 is 0 Å². The zero-order chi connectivity index (χ0) is 19.4. The summed E-state index contributed by atoms with van der Waals surface area (Å²) in [5.41, 5.74) is 3.11. The van der Waals surface area contributed by atoms with E-state index in [0.29, 0.717) is 23.8 Å². The molecule has 0 bridgehead atoms. The summed E-state index contributed by atoms with van der Waals surface area (Å²) < 4.78 is 12.5. The van der Waals surface area contributed by atoms with Gasteiger partial charge in [0.15, 0.2) is 17.1 Å². The molecule has 3 aromatic rings. The van der Waals surface area contributed by atoms with Crippen LogP contribution in [-0.2, 0) is 11.8 Å². The second-order valence-corrected chi connectivity index (χ2v) is 5.97. The van der Waals surface area contributed by atoms with E-state index in [0.717, 1.165) is 22.3 Å². The molecule has 0 aliphatic carbocycles. The Bertz CT molecular complexity index is 1010. The first-order chi connectivity index (χ1) is 13.0. The van der Waals surface area contributed by atoms with Crippen LogP contribution in [-0.4, -0.2) is 34.4 Å². The molecule has 0 unspecified atom stereocenters. The van der Waals surface area contributed by atoms with Gasteiger partial charge in [-0.1, -0.05) is 6.07 Å². The second kappa shape index (κ2) is 7.90. The fourth-order valence-corrected chi connectivity index (χ4v) is 2.79. The summed E-state index contributed by atoms with van der Waals surface area (Å²) in [7, 11) is 3.43. The van der Waals surface area contributed by atoms with Crippen LogP contribution < -0.4 is 14.8 Å². The molecule has 0 aliphatic rings. The van der Waals surface area contributed by atoms with Crippen molar-refractivity contribution in [2.75, 3.05) is 19.0 Å². The van der Waals surface area contributed by atoms with Crippen LogP contribution in [0.4, 0.5) is 5.69 Å². The van der Waals surface area contributed by atoms with E-state index in [2.05, 4.69) is 15.4 Å². The Kier molecular flexibility index (Phi) is 5.40. The maximum Gasteiger partial charge on any atom is 0.248 e. The number of aryl methyl sites for hydroxylation is 2. The molecule has 7 heteroatoms. The van der Waals surface area contributed by atoms with Crippen LogP contribution in [0.5, 0.6) is 11.5 Å². The zero-order valence-electron chi connectivity index (χ0n) is 15.8.